The van der Waals surface area contributed by atoms with Crippen LogP contribution >= 0.6 is 22.7 Å². The largest absolute Gasteiger partial charge is 0.309 e. The van der Waals surface area contributed by atoms with Gasteiger partial charge in [-0.25, -0.2) is 0 Å². The van der Waals surface area contributed by atoms with Crippen LogP contribution in [0.15, 0.2) is 394 Å². The molecule has 1 nitrogen and oxygen atoms in total. The van der Waals surface area contributed by atoms with Crippen molar-refractivity contribution in [3.63, 3.8) is 0 Å². The number of nitrogens with zero attached hydrogens (tertiary/aromatic N) is 1. The molecule has 0 atom stereocenters. The lowest BCUT2D eigenvalue weighted by atomic mass is 9.85. The number of hydrogen-bond acceptors (Lipinski definition) is 2. The van der Waals surface area contributed by atoms with E-state index in [-0.39, 0.29) is 0 Å². The van der Waals surface area contributed by atoms with Crippen LogP contribution in [-0.2, 0) is 0 Å². The summed E-state index contributed by atoms with van der Waals surface area (Å²) in [6.07, 6.45) is 0. The Bertz CT molecular complexity index is 6740. The summed E-state index contributed by atoms with van der Waals surface area (Å²) >= 11 is 3.84. The standard InChI is InChI=1S/C104H65NS2/c1-9-28-66(29-10-1)78-58-86(70-36-17-5-18-37-70)101-93(62-78)95-64-80(68-32-13-3-14-33-68)60-88(103(95)106-101)76-49-52-97-90(56-76)91-57-77(89-61-81(69-34-15-4-16-35-69)65-96-94-63-79(67-30-11-2-12-31-67)59-87(102(94)107-104(89)96)71-38-19-6-20-39-71)50-53-98(91)105(97)82-45-27-44-74(54-82)75-48-51-85-92(55-75)100(73-42-23-8-24-43-73)84-47-26-25-46-83(84)99(85)72-40-21-7-22-41-72/h1-65H. The van der Waals surface area contributed by atoms with Crippen molar-refractivity contribution in [3.05, 3.63) is 394 Å². The van der Waals surface area contributed by atoms with Gasteiger partial charge in [-0.05, 0) is 213 Å². The molecule has 3 heteroatoms. The van der Waals surface area contributed by atoms with Gasteiger partial charge in [0.2, 0.25) is 0 Å². The Kier molecular flexibility index (Phi) is 15.0. The topological polar surface area (TPSA) is 4.93 Å². The van der Waals surface area contributed by atoms with E-state index in [0.717, 1.165) is 27.8 Å². The lowest BCUT2D eigenvalue weighted by molar-refractivity contribution is 1.18. The smallest absolute Gasteiger partial charge is 0.0541 e. The molecule has 18 aromatic carbocycles. The summed E-state index contributed by atoms with van der Waals surface area (Å²) in [5, 5.41) is 12.3. The van der Waals surface area contributed by atoms with Gasteiger partial charge in [-0.1, -0.05) is 303 Å². The Morgan fingerprint density at radius 2 is 0.421 bits per heavy atom. The van der Waals surface area contributed by atoms with Gasteiger partial charge >= 0.3 is 0 Å². The summed E-state index contributed by atoms with van der Waals surface area (Å²) in [6, 6.07) is 147. The van der Waals surface area contributed by atoms with Crippen LogP contribution in [0.25, 0.3) is 212 Å². The first-order valence-corrected chi connectivity index (χ1v) is 38.4. The molecule has 0 aliphatic heterocycles. The fourth-order valence-electron chi connectivity index (χ4n) is 16.9. The maximum absolute atomic E-state index is 2.53. The average Bonchev–Trinajstić information content (AvgIpc) is 1.55. The van der Waals surface area contributed by atoms with E-state index in [4.69, 9.17) is 0 Å². The summed E-state index contributed by atoms with van der Waals surface area (Å²) in [5.74, 6) is 0. The van der Waals surface area contributed by atoms with E-state index >= 15 is 0 Å². The number of aromatic nitrogens is 1. The Morgan fingerprint density at radius 3 is 0.794 bits per heavy atom. The van der Waals surface area contributed by atoms with Crippen LogP contribution in [0.4, 0.5) is 0 Å². The minimum absolute atomic E-state index is 1.09. The van der Waals surface area contributed by atoms with Crippen LogP contribution in [-0.4, -0.2) is 4.57 Å². The molecule has 0 saturated carbocycles. The van der Waals surface area contributed by atoms with E-state index in [2.05, 4.69) is 399 Å². The highest BCUT2D eigenvalue weighted by molar-refractivity contribution is 7.27. The van der Waals surface area contributed by atoms with Gasteiger partial charge in [-0.3, -0.25) is 0 Å². The minimum atomic E-state index is 1.09. The molecule has 0 saturated heterocycles. The third-order valence-corrected chi connectivity index (χ3v) is 24.5. The van der Waals surface area contributed by atoms with Crippen LogP contribution in [0, 0.1) is 0 Å². The van der Waals surface area contributed by atoms with Gasteiger partial charge in [0.1, 0.15) is 0 Å². The monoisotopic (exact) mass is 1390 g/mol. The number of hydrogen-bond donors (Lipinski definition) is 0. The SMILES string of the molecule is c1ccc(-c2cc(-c3ccccc3)c3sc4c(-c5ccc6c(c5)c5cc(-c7cc(-c8ccccc8)cc8c7sc7c(-c9ccccc9)cc(-c9ccccc9)cc78)ccc5n6-c5cccc(-c6ccc7c(-c8ccccc8)c8ccccc8c(-c8ccccc8)c7c6)c5)cc(-c5ccccc5)cc4c3c2)cc1. The van der Waals surface area contributed by atoms with Gasteiger partial charge in [0.05, 0.1) is 11.0 Å². The van der Waals surface area contributed by atoms with Crippen molar-refractivity contribution >= 4 is 106 Å². The van der Waals surface area contributed by atoms with Crippen molar-refractivity contribution in [1.82, 2.24) is 4.57 Å². The predicted molar refractivity (Wildman–Crippen MR) is 461 cm³/mol. The van der Waals surface area contributed by atoms with Crippen LogP contribution < -0.4 is 0 Å². The minimum Gasteiger partial charge on any atom is -0.309 e. The molecule has 498 valence electrons. The van der Waals surface area contributed by atoms with E-state index in [9.17, 15) is 0 Å². The van der Waals surface area contributed by atoms with E-state index in [0.29, 0.717) is 0 Å². The van der Waals surface area contributed by atoms with Crippen LogP contribution in [0.5, 0.6) is 0 Å². The van der Waals surface area contributed by atoms with Gasteiger partial charge < -0.3 is 4.57 Å². The summed E-state index contributed by atoms with van der Waals surface area (Å²) in [6.45, 7) is 0. The van der Waals surface area contributed by atoms with Gasteiger partial charge in [-0.15, -0.1) is 22.7 Å². The average molecular weight is 1390 g/mol. The molecule has 21 rings (SSSR count). The first kappa shape index (κ1) is 62.3. The van der Waals surface area contributed by atoms with Crippen LogP contribution in [0.2, 0.25) is 0 Å². The number of fused-ring (bicyclic) bond motifs is 11. The highest BCUT2D eigenvalue weighted by Gasteiger charge is 2.25. The normalized spacial score (nSPS) is 11.7. The van der Waals surface area contributed by atoms with Gasteiger partial charge in [0, 0.05) is 79.1 Å². The Labute approximate surface area is 628 Å². The molecular formula is C104H65NS2. The highest BCUT2D eigenvalue weighted by Crippen LogP contribution is 2.52. The van der Waals surface area contributed by atoms with Crippen LogP contribution in [0.1, 0.15) is 0 Å². The second kappa shape index (κ2) is 25.8. The molecule has 0 radical (unpaired) electrons. The van der Waals surface area contributed by atoms with Crippen molar-refractivity contribution < 1.29 is 0 Å². The number of benzene rings is 18. The van der Waals surface area contributed by atoms with E-state index < -0.39 is 0 Å². The van der Waals surface area contributed by atoms with Gasteiger partial charge in [0.15, 0.2) is 0 Å². The van der Waals surface area contributed by atoms with Crippen molar-refractivity contribution in [1.29, 1.82) is 0 Å². The lowest BCUT2D eigenvalue weighted by Gasteiger charge is -2.19. The van der Waals surface area contributed by atoms with Gasteiger partial charge in [0.25, 0.3) is 0 Å². The zero-order valence-corrected chi connectivity index (χ0v) is 59.9. The number of thiophene rings is 2. The Hall–Kier alpha value is -13.3. The molecular weight excluding hydrogens is 1330 g/mol. The first-order valence-electron chi connectivity index (χ1n) is 36.8. The second-order valence-corrected chi connectivity index (χ2v) is 30.2. The van der Waals surface area contributed by atoms with E-state index in [1.165, 1.54) is 184 Å². The number of rotatable bonds is 12. The quantitative estimate of drug-likeness (QED) is 0.107. The molecule has 107 heavy (non-hydrogen) atoms. The Balaban J connectivity index is 0.819. The second-order valence-electron chi connectivity index (χ2n) is 28.1. The third-order valence-electron chi connectivity index (χ3n) is 21.9. The van der Waals surface area contributed by atoms with E-state index in [1.54, 1.807) is 0 Å². The molecule has 0 spiro atoms. The molecule has 0 N–H and O–H groups in total. The van der Waals surface area contributed by atoms with Crippen LogP contribution in [0.3, 0.4) is 0 Å². The van der Waals surface area contributed by atoms with Crippen molar-refractivity contribution in [3.8, 4) is 128 Å². The molecule has 3 aromatic heterocycles. The molecule has 0 unspecified atom stereocenters. The predicted octanol–water partition coefficient (Wildman–Crippen LogP) is 30.2. The molecule has 0 bridgehead atoms. The molecule has 0 aliphatic rings. The molecule has 0 aliphatic carbocycles. The maximum Gasteiger partial charge on any atom is 0.0541 e. The van der Waals surface area contributed by atoms with E-state index in [1.807, 2.05) is 22.7 Å². The fourth-order valence-corrected chi connectivity index (χ4v) is 19.6. The van der Waals surface area contributed by atoms with Crippen molar-refractivity contribution in [2.24, 2.45) is 0 Å². The third kappa shape index (κ3) is 10.7. The van der Waals surface area contributed by atoms with Gasteiger partial charge in [-0.2, -0.15) is 0 Å². The Morgan fingerprint density at radius 1 is 0.150 bits per heavy atom. The zero-order chi connectivity index (χ0) is 70.5. The zero-order valence-electron chi connectivity index (χ0n) is 58.3. The summed E-state index contributed by atoms with van der Waals surface area (Å²) in [5.41, 5.74) is 29.8. The summed E-state index contributed by atoms with van der Waals surface area (Å²) < 4.78 is 7.62. The summed E-state index contributed by atoms with van der Waals surface area (Å²) in [4.78, 5) is 0. The fraction of sp³-hybridized carbons (Fsp3) is 0. The molecule has 21 aromatic rings. The first-order chi connectivity index (χ1) is 53.0. The molecule has 0 amide bonds. The molecule has 3 heterocycles. The lowest BCUT2D eigenvalue weighted by Crippen LogP contribution is -1.95. The highest BCUT2D eigenvalue weighted by atomic mass is 32.1. The van der Waals surface area contributed by atoms with Crippen molar-refractivity contribution in [2.75, 3.05) is 0 Å². The maximum atomic E-state index is 2.53. The molecule has 0 fully saturated rings. The van der Waals surface area contributed by atoms with Crippen molar-refractivity contribution in [2.45, 2.75) is 0 Å². The summed E-state index contributed by atoms with van der Waals surface area (Å²) in [7, 11) is 0.